The molecule has 2 fully saturated rings. The SMILES string of the molecule is COCCN1CC[C@@H](CNC(=O)Nc2cccc(OC3CCCC3)c2)C1. The molecule has 144 valence electrons. The number of carbonyl (C=O) groups is 1. The Labute approximate surface area is 156 Å². The zero-order valence-electron chi connectivity index (χ0n) is 15.7. The lowest BCUT2D eigenvalue weighted by atomic mass is 10.1. The van der Waals surface area contributed by atoms with E-state index in [1.165, 1.54) is 12.8 Å². The fraction of sp³-hybridized carbons (Fsp3) is 0.650. The van der Waals surface area contributed by atoms with Gasteiger partial charge in [0, 0.05) is 38.5 Å². The summed E-state index contributed by atoms with van der Waals surface area (Å²) in [5, 5.41) is 5.91. The third-order valence-corrected chi connectivity index (χ3v) is 5.23. The van der Waals surface area contributed by atoms with Crippen LogP contribution in [0.2, 0.25) is 0 Å². The van der Waals surface area contributed by atoms with E-state index in [2.05, 4.69) is 15.5 Å². The van der Waals surface area contributed by atoms with Crippen molar-refractivity contribution in [2.45, 2.75) is 38.2 Å². The molecule has 2 N–H and O–H groups in total. The van der Waals surface area contributed by atoms with Crippen molar-refractivity contribution >= 4 is 11.7 Å². The van der Waals surface area contributed by atoms with Gasteiger partial charge in [-0.3, -0.25) is 0 Å². The number of methoxy groups -OCH3 is 1. The summed E-state index contributed by atoms with van der Waals surface area (Å²) in [6.07, 6.45) is 6.18. The first-order valence-electron chi connectivity index (χ1n) is 9.76. The summed E-state index contributed by atoms with van der Waals surface area (Å²) in [4.78, 5) is 14.6. The maximum atomic E-state index is 12.2. The fourth-order valence-electron chi connectivity index (χ4n) is 3.76. The van der Waals surface area contributed by atoms with E-state index in [4.69, 9.17) is 9.47 Å². The van der Waals surface area contributed by atoms with Crippen molar-refractivity contribution in [3.8, 4) is 5.75 Å². The van der Waals surface area contributed by atoms with Gasteiger partial charge in [-0.1, -0.05) is 6.07 Å². The summed E-state index contributed by atoms with van der Waals surface area (Å²) in [5.74, 6) is 1.34. The van der Waals surface area contributed by atoms with E-state index in [0.717, 1.165) is 56.9 Å². The number of carbonyl (C=O) groups excluding carboxylic acids is 1. The fourth-order valence-corrected chi connectivity index (χ4v) is 3.76. The summed E-state index contributed by atoms with van der Waals surface area (Å²) in [6.45, 7) is 4.53. The van der Waals surface area contributed by atoms with E-state index in [1.54, 1.807) is 7.11 Å². The van der Waals surface area contributed by atoms with E-state index >= 15 is 0 Å². The van der Waals surface area contributed by atoms with Gasteiger partial charge in [-0.2, -0.15) is 0 Å². The number of nitrogens with zero attached hydrogens (tertiary/aromatic N) is 1. The third kappa shape index (κ3) is 5.88. The first kappa shape index (κ1) is 19.0. The Hall–Kier alpha value is -1.79. The Kier molecular flexibility index (Phi) is 7.14. The predicted octanol–water partition coefficient (Wildman–Crippen LogP) is 3.10. The van der Waals surface area contributed by atoms with Gasteiger partial charge in [0.1, 0.15) is 5.75 Å². The highest BCUT2D eigenvalue weighted by atomic mass is 16.5. The predicted molar refractivity (Wildman–Crippen MR) is 103 cm³/mol. The van der Waals surface area contributed by atoms with Gasteiger partial charge in [0.2, 0.25) is 0 Å². The standard InChI is InChI=1S/C20H31N3O3/c1-25-12-11-23-10-9-16(15-23)14-21-20(24)22-17-5-4-8-19(13-17)26-18-6-2-3-7-18/h4-5,8,13,16,18H,2-3,6-7,9-12,14-15H2,1H3,(H2,21,22,24)/t16-/m0/s1. The van der Waals surface area contributed by atoms with Gasteiger partial charge in [0.05, 0.1) is 12.7 Å². The normalized spacial score (nSPS) is 21.0. The number of nitrogens with one attached hydrogen (secondary N) is 2. The van der Waals surface area contributed by atoms with Crippen molar-refractivity contribution < 1.29 is 14.3 Å². The molecule has 6 heteroatoms. The zero-order valence-corrected chi connectivity index (χ0v) is 15.7. The Morgan fingerprint density at radius 1 is 1.27 bits per heavy atom. The third-order valence-electron chi connectivity index (χ3n) is 5.23. The van der Waals surface area contributed by atoms with Gasteiger partial charge in [-0.15, -0.1) is 0 Å². The topological polar surface area (TPSA) is 62.8 Å². The second-order valence-electron chi connectivity index (χ2n) is 7.34. The average Bonchev–Trinajstić information content (AvgIpc) is 3.30. The number of likely N-dealkylation sites (tertiary alicyclic amines) is 1. The highest BCUT2D eigenvalue weighted by Crippen LogP contribution is 2.25. The molecule has 1 atom stereocenters. The Balaban J connectivity index is 1.39. The summed E-state index contributed by atoms with van der Waals surface area (Å²) in [6, 6.07) is 7.51. The van der Waals surface area contributed by atoms with E-state index in [-0.39, 0.29) is 6.03 Å². The van der Waals surface area contributed by atoms with Crippen LogP contribution in [-0.2, 0) is 4.74 Å². The van der Waals surface area contributed by atoms with Gasteiger partial charge >= 0.3 is 6.03 Å². The van der Waals surface area contributed by atoms with Gasteiger partial charge in [0.25, 0.3) is 0 Å². The zero-order chi connectivity index (χ0) is 18.2. The van der Waals surface area contributed by atoms with Crippen molar-refractivity contribution in [3.63, 3.8) is 0 Å². The smallest absolute Gasteiger partial charge is 0.319 e. The molecule has 3 rings (SSSR count). The molecular weight excluding hydrogens is 330 g/mol. The monoisotopic (exact) mass is 361 g/mol. The summed E-state index contributed by atoms with van der Waals surface area (Å²) in [7, 11) is 1.73. The van der Waals surface area contributed by atoms with Crippen molar-refractivity contribution in [1.82, 2.24) is 10.2 Å². The van der Waals surface area contributed by atoms with E-state index < -0.39 is 0 Å². The van der Waals surface area contributed by atoms with Gasteiger partial charge in [0.15, 0.2) is 0 Å². The molecular formula is C20H31N3O3. The molecule has 1 saturated heterocycles. The lowest BCUT2D eigenvalue weighted by molar-refractivity contribution is 0.159. The molecule has 1 saturated carbocycles. The highest BCUT2D eigenvalue weighted by molar-refractivity contribution is 5.89. The molecule has 0 bridgehead atoms. The molecule has 1 aliphatic heterocycles. The second-order valence-corrected chi connectivity index (χ2v) is 7.34. The molecule has 0 radical (unpaired) electrons. The van der Waals surface area contributed by atoms with Crippen molar-refractivity contribution in [1.29, 1.82) is 0 Å². The molecule has 26 heavy (non-hydrogen) atoms. The van der Waals surface area contributed by atoms with Crippen LogP contribution in [0.4, 0.5) is 10.5 Å². The minimum absolute atomic E-state index is 0.154. The average molecular weight is 361 g/mol. The van der Waals surface area contributed by atoms with Crippen LogP contribution in [0.25, 0.3) is 0 Å². The number of urea groups is 1. The molecule has 1 aliphatic carbocycles. The summed E-state index contributed by atoms with van der Waals surface area (Å²) in [5.41, 5.74) is 0.770. The number of rotatable bonds is 8. The van der Waals surface area contributed by atoms with E-state index in [1.807, 2.05) is 24.3 Å². The molecule has 6 nitrogen and oxygen atoms in total. The van der Waals surface area contributed by atoms with Crippen molar-refractivity contribution in [2.24, 2.45) is 5.92 Å². The molecule has 2 aliphatic rings. The van der Waals surface area contributed by atoms with E-state index in [9.17, 15) is 4.79 Å². The number of hydrogen-bond donors (Lipinski definition) is 2. The lowest BCUT2D eigenvalue weighted by Crippen LogP contribution is -2.34. The van der Waals surface area contributed by atoms with Crippen LogP contribution in [0.15, 0.2) is 24.3 Å². The Bertz CT molecular complexity index is 575. The van der Waals surface area contributed by atoms with Crippen LogP contribution in [-0.4, -0.2) is 56.9 Å². The van der Waals surface area contributed by atoms with Gasteiger partial charge in [-0.05, 0) is 56.7 Å². The minimum Gasteiger partial charge on any atom is -0.490 e. The number of hydrogen-bond acceptors (Lipinski definition) is 4. The first-order valence-corrected chi connectivity index (χ1v) is 9.76. The van der Waals surface area contributed by atoms with Crippen LogP contribution in [0.3, 0.4) is 0 Å². The van der Waals surface area contributed by atoms with Crippen molar-refractivity contribution in [2.75, 3.05) is 45.2 Å². The maximum absolute atomic E-state index is 12.2. The quantitative estimate of drug-likeness (QED) is 0.747. The molecule has 0 spiro atoms. The molecule has 1 aromatic rings. The lowest BCUT2D eigenvalue weighted by Gasteiger charge is -2.16. The minimum atomic E-state index is -0.154. The largest absolute Gasteiger partial charge is 0.490 e. The highest BCUT2D eigenvalue weighted by Gasteiger charge is 2.22. The van der Waals surface area contributed by atoms with E-state index in [0.29, 0.717) is 18.6 Å². The summed E-state index contributed by atoms with van der Waals surface area (Å²) >= 11 is 0. The molecule has 0 aromatic heterocycles. The van der Waals surface area contributed by atoms with Crippen LogP contribution >= 0.6 is 0 Å². The second kappa shape index (κ2) is 9.78. The van der Waals surface area contributed by atoms with Gasteiger partial charge in [-0.25, -0.2) is 4.79 Å². The Morgan fingerprint density at radius 2 is 2.12 bits per heavy atom. The van der Waals surface area contributed by atoms with Crippen molar-refractivity contribution in [3.05, 3.63) is 24.3 Å². The van der Waals surface area contributed by atoms with Crippen LogP contribution in [0, 0.1) is 5.92 Å². The molecule has 1 heterocycles. The van der Waals surface area contributed by atoms with Gasteiger partial charge < -0.3 is 25.0 Å². The number of amides is 2. The number of ether oxygens (including phenoxy) is 2. The molecule has 2 amide bonds. The molecule has 1 aromatic carbocycles. The summed E-state index contributed by atoms with van der Waals surface area (Å²) < 4.78 is 11.1. The molecule has 0 unspecified atom stereocenters. The number of benzene rings is 1. The van der Waals surface area contributed by atoms with Crippen LogP contribution < -0.4 is 15.4 Å². The first-order chi connectivity index (χ1) is 12.7. The maximum Gasteiger partial charge on any atom is 0.319 e. The van der Waals surface area contributed by atoms with Crippen LogP contribution in [0.1, 0.15) is 32.1 Å². The number of anilines is 1. The Morgan fingerprint density at radius 3 is 2.92 bits per heavy atom. The van der Waals surface area contributed by atoms with Crippen LogP contribution in [0.5, 0.6) is 5.75 Å².